The molecule has 0 spiro atoms. The van der Waals surface area contributed by atoms with Gasteiger partial charge in [-0.15, -0.1) is 5.10 Å². The summed E-state index contributed by atoms with van der Waals surface area (Å²) in [6.07, 6.45) is 0. The van der Waals surface area contributed by atoms with Crippen LogP contribution in [-0.4, -0.2) is 29.6 Å². The zero-order chi connectivity index (χ0) is 24.8. The smallest absolute Gasteiger partial charge is 0.330 e. The molecule has 0 atom stereocenters. The van der Waals surface area contributed by atoms with Gasteiger partial charge in [-0.25, -0.2) is 9.78 Å². The van der Waals surface area contributed by atoms with E-state index in [0.717, 1.165) is 39.4 Å². The zero-order valence-corrected chi connectivity index (χ0v) is 21.4. The van der Waals surface area contributed by atoms with Gasteiger partial charge in [0.1, 0.15) is 0 Å². The highest BCUT2D eigenvalue weighted by molar-refractivity contribution is 7.03. The van der Waals surface area contributed by atoms with Crippen LogP contribution < -0.4 is 11.0 Å². The van der Waals surface area contributed by atoms with E-state index in [-0.39, 0.29) is 17.0 Å². The number of imidazole rings is 1. The summed E-state index contributed by atoms with van der Waals surface area (Å²) < 4.78 is 7.17. The van der Waals surface area contributed by atoms with Gasteiger partial charge in [0.15, 0.2) is 11.3 Å². The number of amides is 1. The van der Waals surface area contributed by atoms with Gasteiger partial charge >= 0.3 is 5.69 Å². The zero-order valence-electron chi connectivity index (χ0n) is 20.6. The van der Waals surface area contributed by atoms with Crippen LogP contribution in [0.3, 0.4) is 0 Å². The Bertz CT molecular complexity index is 1420. The van der Waals surface area contributed by atoms with Crippen molar-refractivity contribution in [2.45, 2.75) is 53.6 Å². The lowest BCUT2D eigenvalue weighted by Crippen LogP contribution is -2.41. The van der Waals surface area contributed by atoms with E-state index in [2.05, 4.69) is 35.7 Å². The number of carbonyl (C=O) groups is 1. The van der Waals surface area contributed by atoms with Crippen molar-refractivity contribution in [2.75, 3.05) is 0 Å². The third kappa shape index (κ3) is 4.52. The van der Waals surface area contributed by atoms with Crippen LogP contribution in [0.2, 0.25) is 0 Å². The summed E-state index contributed by atoms with van der Waals surface area (Å²) in [5.74, 6) is -0.268. The molecule has 178 valence electrons. The molecule has 0 saturated carbocycles. The second-order valence-electron chi connectivity index (χ2n) is 10.4. The number of nitrogens with one attached hydrogen (secondary N) is 1. The first-order chi connectivity index (χ1) is 15.9. The number of aryl methyl sites for hydroxylation is 2. The van der Waals surface area contributed by atoms with Crippen molar-refractivity contribution in [3.63, 3.8) is 0 Å². The highest BCUT2D eigenvalue weighted by Crippen LogP contribution is 2.30. The van der Waals surface area contributed by atoms with Crippen LogP contribution in [0.5, 0.6) is 0 Å². The predicted octanol–water partition coefficient (Wildman–Crippen LogP) is 4.27. The summed E-state index contributed by atoms with van der Waals surface area (Å²) in [7, 11) is 1.76. The highest BCUT2D eigenvalue weighted by Gasteiger charge is 2.26. The summed E-state index contributed by atoms with van der Waals surface area (Å²) in [5, 5.41) is 8.52. The van der Waals surface area contributed by atoms with Crippen LogP contribution in [0.25, 0.3) is 22.4 Å². The van der Waals surface area contributed by atoms with E-state index in [4.69, 9.17) is 4.98 Å². The van der Waals surface area contributed by atoms with E-state index in [9.17, 15) is 9.59 Å². The molecular weight excluding hydrogens is 448 g/mol. The van der Waals surface area contributed by atoms with Gasteiger partial charge in [-0.3, -0.25) is 13.9 Å². The second kappa shape index (κ2) is 8.47. The summed E-state index contributed by atoms with van der Waals surface area (Å²) >= 11 is 1.14. The SMILES string of the molecule is Cc1ccc(C(C)(C)NC(=O)c2csnn2)cc1-c1ccc2c(n1)n(C)c(=O)n2CC(C)(C)C. The first-order valence-electron chi connectivity index (χ1n) is 11.1. The van der Waals surface area contributed by atoms with Crippen molar-refractivity contribution in [2.24, 2.45) is 12.5 Å². The van der Waals surface area contributed by atoms with Crippen LogP contribution in [0.4, 0.5) is 0 Å². The van der Waals surface area contributed by atoms with Crippen LogP contribution in [-0.2, 0) is 19.1 Å². The van der Waals surface area contributed by atoms with Crippen molar-refractivity contribution >= 4 is 28.6 Å². The monoisotopic (exact) mass is 478 g/mol. The lowest BCUT2D eigenvalue weighted by molar-refractivity contribution is 0.0907. The van der Waals surface area contributed by atoms with Gasteiger partial charge in [0, 0.05) is 24.5 Å². The molecule has 3 aromatic heterocycles. The number of aromatic nitrogens is 5. The number of benzene rings is 1. The van der Waals surface area contributed by atoms with Gasteiger partial charge in [0.05, 0.1) is 16.7 Å². The van der Waals surface area contributed by atoms with Crippen molar-refractivity contribution in [1.82, 2.24) is 29.0 Å². The third-order valence-electron chi connectivity index (χ3n) is 5.87. The van der Waals surface area contributed by atoms with E-state index in [1.54, 1.807) is 21.6 Å². The highest BCUT2D eigenvalue weighted by atomic mass is 32.1. The molecule has 0 saturated heterocycles. The van der Waals surface area contributed by atoms with E-state index in [0.29, 0.717) is 17.9 Å². The Morgan fingerprint density at radius 2 is 1.85 bits per heavy atom. The van der Waals surface area contributed by atoms with Gasteiger partial charge in [0.25, 0.3) is 5.91 Å². The lowest BCUT2D eigenvalue weighted by atomic mass is 9.90. The number of rotatable bonds is 5. The molecule has 8 nitrogen and oxygen atoms in total. The molecule has 0 aliphatic rings. The van der Waals surface area contributed by atoms with Gasteiger partial charge in [-0.2, -0.15) is 0 Å². The fraction of sp³-hybridized carbons (Fsp3) is 0.400. The normalized spacial score (nSPS) is 12.3. The van der Waals surface area contributed by atoms with Crippen molar-refractivity contribution < 1.29 is 4.79 Å². The van der Waals surface area contributed by atoms with E-state index in [1.165, 1.54) is 0 Å². The fourth-order valence-electron chi connectivity index (χ4n) is 4.02. The van der Waals surface area contributed by atoms with Crippen molar-refractivity contribution in [3.05, 3.63) is 63.0 Å². The topological polar surface area (TPSA) is 94.7 Å². The second-order valence-corrected chi connectivity index (χ2v) is 11.0. The first-order valence-corrected chi connectivity index (χ1v) is 12.0. The lowest BCUT2D eigenvalue weighted by Gasteiger charge is -2.27. The first kappa shape index (κ1) is 23.8. The maximum atomic E-state index is 12.9. The molecule has 0 fully saturated rings. The number of hydrogen-bond acceptors (Lipinski definition) is 6. The summed E-state index contributed by atoms with van der Waals surface area (Å²) in [6, 6.07) is 10.0. The molecule has 34 heavy (non-hydrogen) atoms. The van der Waals surface area contributed by atoms with Crippen LogP contribution in [0.1, 0.15) is 56.2 Å². The maximum Gasteiger partial charge on any atom is 0.330 e. The van der Waals surface area contributed by atoms with Gasteiger partial charge in [0.2, 0.25) is 0 Å². The van der Waals surface area contributed by atoms with Gasteiger partial charge in [-0.05, 0) is 67.0 Å². The van der Waals surface area contributed by atoms with Gasteiger partial charge < -0.3 is 5.32 Å². The average Bonchev–Trinajstić information content (AvgIpc) is 3.37. The number of pyridine rings is 1. The van der Waals surface area contributed by atoms with E-state index < -0.39 is 5.54 Å². The molecule has 0 radical (unpaired) electrons. The number of fused-ring (bicyclic) bond motifs is 1. The van der Waals surface area contributed by atoms with Crippen molar-refractivity contribution in [3.8, 4) is 11.3 Å². The Morgan fingerprint density at radius 1 is 1.12 bits per heavy atom. The minimum atomic E-state index is -0.643. The minimum Gasteiger partial charge on any atom is -0.342 e. The minimum absolute atomic E-state index is 0.0354. The molecule has 0 unspecified atom stereocenters. The summed E-state index contributed by atoms with van der Waals surface area (Å²) in [5.41, 5.74) is 4.76. The van der Waals surface area contributed by atoms with Crippen molar-refractivity contribution in [1.29, 1.82) is 0 Å². The Balaban J connectivity index is 1.74. The molecule has 1 N–H and O–H groups in total. The Kier molecular flexibility index (Phi) is 5.93. The molecule has 9 heteroatoms. The summed E-state index contributed by atoms with van der Waals surface area (Å²) in [6.45, 7) is 12.9. The number of nitrogens with zero attached hydrogens (tertiary/aromatic N) is 5. The molecule has 1 amide bonds. The Hall–Kier alpha value is -3.33. The molecule has 0 aliphatic carbocycles. The van der Waals surface area contributed by atoms with E-state index >= 15 is 0 Å². The standard InChI is InChI=1S/C25H30N6O2S/c1-15-8-9-16(25(5,6)27-22(32)19-13-34-29-28-19)12-17(15)18-10-11-20-21(26-18)30(7)23(33)31(20)14-24(2,3)4/h8-13H,14H2,1-7H3,(H,27,32). The summed E-state index contributed by atoms with van der Waals surface area (Å²) in [4.78, 5) is 30.4. The molecule has 0 aliphatic heterocycles. The molecule has 1 aromatic carbocycles. The maximum absolute atomic E-state index is 12.9. The quantitative estimate of drug-likeness (QED) is 0.462. The van der Waals surface area contributed by atoms with Gasteiger partial charge in [-0.1, -0.05) is 37.4 Å². The van der Waals surface area contributed by atoms with Crippen LogP contribution in [0.15, 0.2) is 40.5 Å². The Morgan fingerprint density at radius 3 is 2.50 bits per heavy atom. The largest absolute Gasteiger partial charge is 0.342 e. The predicted molar refractivity (Wildman–Crippen MR) is 135 cm³/mol. The van der Waals surface area contributed by atoms with Crippen LogP contribution in [0, 0.1) is 12.3 Å². The third-order valence-corrected chi connectivity index (χ3v) is 6.37. The number of carbonyl (C=O) groups excluding carboxylic acids is 1. The molecule has 4 aromatic rings. The number of hydrogen-bond donors (Lipinski definition) is 1. The molecule has 3 heterocycles. The molecular formula is C25H30N6O2S. The average molecular weight is 479 g/mol. The Labute approximate surface area is 202 Å². The molecule has 4 rings (SSSR count). The van der Waals surface area contributed by atoms with E-state index in [1.807, 2.05) is 51.1 Å². The fourth-order valence-corrected chi connectivity index (χ4v) is 4.46. The molecule has 0 bridgehead atoms. The van der Waals surface area contributed by atoms with Crippen LogP contribution >= 0.6 is 11.5 Å².